The molecule has 0 unspecified atom stereocenters. The Morgan fingerprint density at radius 2 is 1.86 bits per heavy atom. The smallest absolute Gasteiger partial charge is 0.475 e. The van der Waals surface area contributed by atoms with E-state index in [9.17, 15) is 18.4 Å². The van der Waals surface area contributed by atoms with E-state index in [1.165, 1.54) is 0 Å². The maximum Gasteiger partial charge on any atom is 0.490 e. The molecule has 0 radical (unpaired) electrons. The number of anilines is 1. The fourth-order valence-corrected chi connectivity index (χ4v) is 2.62. The molecular weight excluding hydrogens is 443 g/mol. The van der Waals surface area contributed by atoms with Crippen LogP contribution in [0.4, 0.5) is 19.0 Å². The van der Waals surface area contributed by atoms with E-state index in [1.807, 2.05) is 30.3 Å². The summed E-state index contributed by atoms with van der Waals surface area (Å²) in [5.74, 6) is -1.95. The number of carbonyl (C=O) groups is 1. The van der Waals surface area contributed by atoms with Crippen LogP contribution in [0.25, 0.3) is 22.6 Å². The Balaban J connectivity index is 0.000000345. The van der Waals surface area contributed by atoms with Gasteiger partial charge in [0.2, 0.25) is 0 Å². The minimum Gasteiger partial charge on any atom is -0.475 e. The lowest BCUT2D eigenvalue weighted by Crippen LogP contribution is -2.21. The summed E-state index contributed by atoms with van der Waals surface area (Å²) >= 11 is 3.50. The summed E-state index contributed by atoms with van der Waals surface area (Å²) in [5.41, 5.74) is 8.50. The highest BCUT2D eigenvalue weighted by Crippen LogP contribution is 2.35. The summed E-state index contributed by atoms with van der Waals surface area (Å²) in [5, 5.41) is 16.5. The molecule has 3 aromatic rings. The monoisotopic (exact) mass is 453 g/mol. The van der Waals surface area contributed by atoms with E-state index in [-0.39, 0.29) is 5.82 Å². The van der Waals surface area contributed by atoms with Crippen molar-refractivity contribution in [3.63, 3.8) is 0 Å². The number of hydrogen-bond donors (Lipinski definition) is 2. The Labute approximate surface area is 165 Å². The molecule has 0 aliphatic carbocycles. The van der Waals surface area contributed by atoms with E-state index in [2.05, 4.69) is 27.0 Å². The highest BCUT2D eigenvalue weighted by atomic mass is 79.9. The van der Waals surface area contributed by atoms with Crippen LogP contribution in [-0.4, -0.2) is 22.2 Å². The number of aromatic nitrogens is 1. The quantitative estimate of drug-likeness (QED) is 0.572. The molecular formula is C18H11BrF3N3O3. The molecule has 3 N–H and O–H groups in total. The minimum atomic E-state index is -5.08. The number of carboxylic acid groups (broad SMARTS) is 1. The van der Waals surface area contributed by atoms with Crippen LogP contribution in [0.1, 0.15) is 5.56 Å². The number of nitriles is 1. The van der Waals surface area contributed by atoms with Gasteiger partial charge in [0, 0.05) is 10.0 Å². The highest BCUT2D eigenvalue weighted by molar-refractivity contribution is 9.10. The van der Waals surface area contributed by atoms with Gasteiger partial charge in [-0.05, 0) is 29.8 Å². The first-order chi connectivity index (χ1) is 13.1. The molecule has 0 spiro atoms. The molecule has 6 nitrogen and oxygen atoms in total. The Kier molecular flexibility index (Phi) is 6.43. The molecule has 0 fully saturated rings. The lowest BCUT2D eigenvalue weighted by molar-refractivity contribution is -0.192. The number of furan rings is 1. The number of halogens is 4. The first kappa shape index (κ1) is 21.0. The maximum atomic E-state index is 10.6. The van der Waals surface area contributed by atoms with Gasteiger partial charge in [-0.1, -0.05) is 34.1 Å². The summed E-state index contributed by atoms with van der Waals surface area (Å²) in [7, 11) is 0. The lowest BCUT2D eigenvalue weighted by atomic mass is 10.00. The number of carboxylic acids is 1. The van der Waals surface area contributed by atoms with Gasteiger partial charge in [0.05, 0.1) is 6.26 Å². The maximum absolute atomic E-state index is 10.6. The number of rotatable bonds is 2. The number of nitrogens with zero attached hydrogens (tertiary/aromatic N) is 2. The molecule has 0 aliphatic rings. The van der Waals surface area contributed by atoms with Gasteiger partial charge in [0.15, 0.2) is 5.76 Å². The molecule has 144 valence electrons. The molecule has 0 amide bonds. The van der Waals surface area contributed by atoms with Crippen molar-refractivity contribution in [2.45, 2.75) is 6.18 Å². The molecule has 0 atom stereocenters. The number of nitrogens with two attached hydrogens (primary N) is 1. The average molecular weight is 454 g/mol. The van der Waals surface area contributed by atoms with E-state index >= 15 is 0 Å². The molecule has 10 heteroatoms. The Morgan fingerprint density at radius 1 is 1.21 bits per heavy atom. The Morgan fingerprint density at radius 3 is 2.36 bits per heavy atom. The van der Waals surface area contributed by atoms with E-state index in [1.54, 1.807) is 18.4 Å². The first-order valence-electron chi connectivity index (χ1n) is 7.44. The Bertz CT molecular complexity index is 1030. The topological polar surface area (TPSA) is 113 Å². The zero-order chi connectivity index (χ0) is 20.9. The second-order valence-corrected chi connectivity index (χ2v) is 6.04. The van der Waals surface area contributed by atoms with Crippen molar-refractivity contribution in [1.82, 2.24) is 4.98 Å². The third kappa shape index (κ3) is 4.89. The molecule has 0 bridgehead atoms. The Hall–Kier alpha value is -3.32. The summed E-state index contributed by atoms with van der Waals surface area (Å²) in [6, 6.07) is 15.2. The first-order valence-corrected chi connectivity index (χ1v) is 8.24. The van der Waals surface area contributed by atoms with Crippen molar-refractivity contribution in [3.05, 3.63) is 58.8 Å². The van der Waals surface area contributed by atoms with Crippen LogP contribution in [0.2, 0.25) is 0 Å². The molecule has 28 heavy (non-hydrogen) atoms. The largest absolute Gasteiger partial charge is 0.490 e. The van der Waals surface area contributed by atoms with Crippen molar-refractivity contribution in [2.24, 2.45) is 0 Å². The molecule has 3 rings (SSSR count). The van der Waals surface area contributed by atoms with Gasteiger partial charge in [-0.25, -0.2) is 9.78 Å². The number of pyridine rings is 1. The van der Waals surface area contributed by atoms with Crippen LogP contribution in [0.5, 0.6) is 0 Å². The third-order valence-electron chi connectivity index (χ3n) is 3.34. The zero-order valence-electron chi connectivity index (χ0n) is 13.9. The second-order valence-electron chi connectivity index (χ2n) is 5.19. The zero-order valence-corrected chi connectivity index (χ0v) is 15.5. The van der Waals surface area contributed by atoms with E-state index in [4.69, 9.17) is 20.1 Å². The van der Waals surface area contributed by atoms with Gasteiger partial charge in [-0.15, -0.1) is 0 Å². The third-order valence-corrected chi connectivity index (χ3v) is 4.03. The fraction of sp³-hybridized carbons (Fsp3) is 0.0556. The van der Waals surface area contributed by atoms with Crippen molar-refractivity contribution in [3.8, 4) is 28.7 Å². The standard InChI is InChI=1S/C16H10BrN3O.C2HF3O2/c17-13-5-2-1-4-10(13)11-8-14(15-6-3-7-21-15)20-16(19)12(11)9-18;3-2(4,5)1(6)7/h1-8H,(H2,19,20);(H,6,7). The van der Waals surface area contributed by atoms with E-state index < -0.39 is 12.1 Å². The predicted molar refractivity (Wildman–Crippen MR) is 97.9 cm³/mol. The van der Waals surface area contributed by atoms with Crippen LogP contribution < -0.4 is 5.73 Å². The lowest BCUT2D eigenvalue weighted by Gasteiger charge is -2.10. The second kappa shape index (κ2) is 8.58. The van der Waals surface area contributed by atoms with Crippen molar-refractivity contribution in [2.75, 3.05) is 5.73 Å². The van der Waals surface area contributed by atoms with Crippen LogP contribution >= 0.6 is 15.9 Å². The van der Waals surface area contributed by atoms with Gasteiger partial charge in [-0.2, -0.15) is 18.4 Å². The predicted octanol–water partition coefficient (Wildman–Crippen LogP) is 4.86. The van der Waals surface area contributed by atoms with Crippen LogP contribution in [0.3, 0.4) is 0 Å². The van der Waals surface area contributed by atoms with Gasteiger partial charge < -0.3 is 15.3 Å². The number of alkyl halides is 3. The van der Waals surface area contributed by atoms with Gasteiger partial charge >= 0.3 is 12.1 Å². The molecule has 2 heterocycles. The van der Waals surface area contributed by atoms with Crippen molar-refractivity contribution in [1.29, 1.82) is 5.26 Å². The highest BCUT2D eigenvalue weighted by Gasteiger charge is 2.38. The van der Waals surface area contributed by atoms with Gasteiger partial charge in [-0.3, -0.25) is 0 Å². The fourth-order valence-electron chi connectivity index (χ4n) is 2.12. The van der Waals surface area contributed by atoms with Gasteiger partial charge in [0.1, 0.15) is 23.1 Å². The summed E-state index contributed by atoms with van der Waals surface area (Å²) in [6.07, 6.45) is -3.51. The molecule has 2 aromatic heterocycles. The SMILES string of the molecule is N#Cc1c(-c2ccccc2Br)cc(-c2ccco2)nc1N.O=C(O)C(F)(F)F. The molecule has 1 aromatic carbocycles. The van der Waals surface area contributed by atoms with Crippen molar-refractivity contribution < 1.29 is 27.5 Å². The van der Waals surface area contributed by atoms with E-state index in [0.29, 0.717) is 17.0 Å². The average Bonchev–Trinajstić information content (AvgIpc) is 3.16. The molecule has 0 saturated carbocycles. The van der Waals surface area contributed by atoms with E-state index in [0.717, 1.165) is 15.6 Å². The minimum absolute atomic E-state index is 0.192. The van der Waals surface area contributed by atoms with Gasteiger partial charge in [0.25, 0.3) is 0 Å². The number of benzene rings is 1. The molecule has 0 saturated heterocycles. The van der Waals surface area contributed by atoms with Crippen LogP contribution in [0.15, 0.2) is 57.6 Å². The summed E-state index contributed by atoms with van der Waals surface area (Å²) < 4.78 is 38.0. The van der Waals surface area contributed by atoms with Crippen molar-refractivity contribution >= 4 is 27.7 Å². The molecule has 0 aliphatic heterocycles. The van der Waals surface area contributed by atoms with Crippen LogP contribution in [0, 0.1) is 11.3 Å². The summed E-state index contributed by atoms with van der Waals surface area (Å²) in [4.78, 5) is 13.1. The summed E-state index contributed by atoms with van der Waals surface area (Å²) in [6.45, 7) is 0. The van der Waals surface area contributed by atoms with Crippen LogP contribution in [-0.2, 0) is 4.79 Å². The number of hydrogen-bond acceptors (Lipinski definition) is 5. The normalized spacial score (nSPS) is 10.5. The number of nitrogen functional groups attached to an aromatic ring is 1. The number of aliphatic carboxylic acids is 1.